The van der Waals surface area contributed by atoms with E-state index in [1.165, 1.54) is 12.7 Å². The van der Waals surface area contributed by atoms with Gasteiger partial charge in [0.2, 0.25) is 5.60 Å². The summed E-state index contributed by atoms with van der Waals surface area (Å²) in [5.74, 6) is 0.140. The number of esters is 1. The van der Waals surface area contributed by atoms with Gasteiger partial charge < -0.3 is 14.3 Å². The molecule has 3 aliphatic heterocycles. The van der Waals surface area contributed by atoms with Crippen molar-refractivity contribution in [2.45, 2.75) is 56.7 Å². The minimum absolute atomic E-state index is 0.0925. The Morgan fingerprint density at radius 2 is 1.96 bits per heavy atom. The van der Waals surface area contributed by atoms with Crippen molar-refractivity contribution in [1.82, 2.24) is 4.90 Å². The first kappa shape index (κ1) is 16.2. The predicted molar refractivity (Wildman–Crippen MR) is 88.2 cm³/mol. The zero-order valence-corrected chi connectivity index (χ0v) is 14.2. The minimum Gasteiger partial charge on any atom is -0.466 e. The molecule has 3 saturated heterocycles. The Balaban J connectivity index is 1.55. The van der Waals surface area contributed by atoms with Gasteiger partial charge in [-0.1, -0.05) is 19.3 Å². The van der Waals surface area contributed by atoms with E-state index in [-0.39, 0.29) is 12.0 Å². The first-order valence-corrected chi connectivity index (χ1v) is 9.37. The van der Waals surface area contributed by atoms with Crippen LogP contribution in [0.3, 0.4) is 0 Å². The van der Waals surface area contributed by atoms with E-state index in [0.717, 1.165) is 58.2 Å². The Labute approximate surface area is 143 Å². The van der Waals surface area contributed by atoms with Gasteiger partial charge in [-0.15, -0.1) is 0 Å². The molecule has 4 aliphatic rings. The number of carbonyl (C=O) groups excluding carboxylic acids is 1. The van der Waals surface area contributed by atoms with Gasteiger partial charge in [-0.2, -0.15) is 0 Å². The zero-order chi connectivity index (χ0) is 16.6. The molecule has 2 atom stereocenters. The molecule has 4 fully saturated rings. The van der Waals surface area contributed by atoms with Crippen LogP contribution in [0.4, 0.5) is 0 Å². The van der Waals surface area contributed by atoms with E-state index in [1.807, 2.05) is 0 Å². The van der Waals surface area contributed by atoms with Gasteiger partial charge in [-0.3, -0.25) is 4.90 Å². The maximum atomic E-state index is 13.1. The molecule has 1 aliphatic carbocycles. The molecule has 4 heterocycles. The molecule has 5 heteroatoms. The predicted octanol–water partition coefficient (Wildman–Crippen LogP) is 2.68. The van der Waals surface area contributed by atoms with Crippen LogP contribution in [0.15, 0.2) is 22.8 Å². The van der Waals surface area contributed by atoms with Crippen molar-refractivity contribution in [2.24, 2.45) is 11.8 Å². The fourth-order valence-corrected chi connectivity index (χ4v) is 4.76. The first-order valence-electron chi connectivity index (χ1n) is 9.37. The molecule has 1 saturated carbocycles. The van der Waals surface area contributed by atoms with Crippen molar-refractivity contribution in [2.75, 3.05) is 19.6 Å². The van der Waals surface area contributed by atoms with Crippen LogP contribution in [0.2, 0.25) is 0 Å². The van der Waals surface area contributed by atoms with Gasteiger partial charge in [0, 0.05) is 12.5 Å². The average molecular weight is 333 g/mol. The monoisotopic (exact) mass is 333 g/mol. The van der Waals surface area contributed by atoms with Crippen LogP contribution in [0.5, 0.6) is 0 Å². The highest BCUT2D eigenvalue weighted by molar-refractivity contribution is 5.81. The molecule has 1 aromatic rings. The molecule has 5 rings (SSSR count). The van der Waals surface area contributed by atoms with Gasteiger partial charge in [0.1, 0.15) is 11.9 Å². The summed E-state index contributed by atoms with van der Waals surface area (Å²) in [5.41, 5.74) is -1.64. The third-order valence-electron chi connectivity index (χ3n) is 6.26. The molecule has 1 unspecified atom stereocenters. The standard InChI is InChI=1S/C19H27NO4/c21-18(24-16-13-20-10-8-14(16)9-11-20)19(22,17-7-4-12-23-17)15-5-2-1-3-6-15/h4,7,12,14-16,22H,1-3,5-6,8-11,13H2/t16?,19-/m0/s1. The summed E-state index contributed by atoms with van der Waals surface area (Å²) in [6.45, 7) is 3.00. The van der Waals surface area contributed by atoms with E-state index < -0.39 is 11.6 Å². The minimum atomic E-state index is -1.64. The van der Waals surface area contributed by atoms with E-state index in [0.29, 0.717) is 11.7 Å². The molecule has 0 amide bonds. The molecule has 0 aromatic carbocycles. The van der Waals surface area contributed by atoms with Gasteiger partial charge in [0.25, 0.3) is 0 Å². The molecule has 24 heavy (non-hydrogen) atoms. The zero-order valence-electron chi connectivity index (χ0n) is 14.2. The van der Waals surface area contributed by atoms with E-state index in [9.17, 15) is 9.90 Å². The van der Waals surface area contributed by atoms with Gasteiger partial charge in [0.15, 0.2) is 0 Å². The molecule has 1 N–H and O–H groups in total. The Kier molecular flexibility index (Phi) is 4.39. The lowest BCUT2D eigenvalue weighted by Crippen LogP contribution is -2.54. The van der Waals surface area contributed by atoms with E-state index >= 15 is 0 Å². The first-order chi connectivity index (χ1) is 11.7. The Hall–Kier alpha value is -1.33. The molecule has 1 aromatic heterocycles. The molecule has 2 bridgehead atoms. The number of furan rings is 1. The fraction of sp³-hybridized carbons (Fsp3) is 0.737. The summed E-state index contributed by atoms with van der Waals surface area (Å²) in [7, 11) is 0. The van der Waals surface area contributed by atoms with Crippen LogP contribution < -0.4 is 0 Å². The largest absolute Gasteiger partial charge is 0.466 e. The van der Waals surface area contributed by atoms with Crippen LogP contribution in [-0.2, 0) is 15.1 Å². The second-order valence-corrected chi connectivity index (χ2v) is 7.66. The number of hydrogen-bond acceptors (Lipinski definition) is 5. The van der Waals surface area contributed by atoms with Crippen molar-refractivity contribution in [3.05, 3.63) is 24.2 Å². The number of piperidine rings is 3. The molecule has 0 radical (unpaired) electrons. The third kappa shape index (κ3) is 2.78. The van der Waals surface area contributed by atoms with Crippen LogP contribution in [0, 0.1) is 11.8 Å². The van der Waals surface area contributed by atoms with Crippen molar-refractivity contribution in [3.8, 4) is 0 Å². The normalized spacial score (nSPS) is 33.1. The maximum Gasteiger partial charge on any atom is 0.346 e. The summed E-state index contributed by atoms with van der Waals surface area (Å²) < 4.78 is 11.3. The highest BCUT2D eigenvalue weighted by atomic mass is 16.6. The SMILES string of the molecule is O=C(OC1CN2CCC1CC2)[C@@](O)(c1ccco1)C1CCCCC1. The number of hydrogen-bond donors (Lipinski definition) is 1. The summed E-state index contributed by atoms with van der Waals surface area (Å²) in [6.07, 6.45) is 8.52. The topological polar surface area (TPSA) is 62.9 Å². The van der Waals surface area contributed by atoms with Crippen molar-refractivity contribution >= 4 is 5.97 Å². The molecule has 132 valence electrons. The van der Waals surface area contributed by atoms with Crippen LogP contribution in [0.1, 0.15) is 50.7 Å². The molecular formula is C19H27NO4. The second kappa shape index (κ2) is 6.52. The van der Waals surface area contributed by atoms with Crippen LogP contribution in [-0.4, -0.2) is 41.7 Å². The van der Waals surface area contributed by atoms with E-state index in [1.54, 1.807) is 12.1 Å². The second-order valence-electron chi connectivity index (χ2n) is 7.66. The lowest BCUT2D eigenvalue weighted by molar-refractivity contribution is -0.192. The molecule has 5 nitrogen and oxygen atoms in total. The molecular weight excluding hydrogens is 306 g/mol. The Morgan fingerprint density at radius 1 is 1.21 bits per heavy atom. The van der Waals surface area contributed by atoms with E-state index in [2.05, 4.69) is 4.90 Å². The Morgan fingerprint density at radius 3 is 2.54 bits per heavy atom. The third-order valence-corrected chi connectivity index (χ3v) is 6.26. The van der Waals surface area contributed by atoms with Crippen molar-refractivity contribution in [1.29, 1.82) is 0 Å². The summed E-state index contributed by atoms with van der Waals surface area (Å²) >= 11 is 0. The highest BCUT2D eigenvalue weighted by Gasteiger charge is 2.51. The van der Waals surface area contributed by atoms with Crippen LogP contribution >= 0.6 is 0 Å². The van der Waals surface area contributed by atoms with Gasteiger partial charge in [-0.25, -0.2) is 4.79 Å². The number of aliphatic hydroxyl groups is 1. The average Bonchev–Trinajstić information content (AvgIpc) is 3.18. The lowest BCUT2D eigenvalue weighted by atomic mass is 9.75. The quantitative estimate of drug-likeness (QED) is 0.858. The summed E-state index contributed by atoms with van der Waals surface area (Å²) in [6, 6.07) is 3.43. The number of nitrogens with zero attached hydrogens (tertiary/aromatic N) is 1. The van der Waals surface area contributed by atoms with E-state index in [4.69, 9.17) is 9.15 Å². The van der Waals surface area contributed by atoms with Crippen LogP contribution in [0.25, 0.3) is 0 Å². The summed E-state index contributed by atoms with van der Waals surface area (Å²) in [5, 5.41) is 11.4. The lowest BCUT2D eigenvalue weighted by Gasteiger charge is -2.45. The maximum absolute atomic E-state index is 13.1. The number of carbonyl (C=O) groups is 1. The van der Waals surface area contributed by atoms with Crippen molar-refractivity contribution < 1.29 is 19.1 Å². The molecule has 0 spiro atoms. The number of ether oxygens (including phenoxy) is 1. The number of rotatable bonds is 4. The fourth-order valence-electron chi connectivity index (χ4n) is 4.76. The number of fused-ring (bicyclic) bond motifs is 3. The summed E-state index contributed by atoms with van der Waals surface area (Å²) in [4.78, 5) is 15.4. The van der Waals surface area contributed by atoms with Gasteiger partial charge >= 0.3 is 5.97 Å². The Bertz CT molecular complexity index is 558. The van der Waals surface area contributed by atoms with Gasteiger partial charge in [0.05, 0.1) is 6.26 Å². The smallest absolute Gasteiger partial charge is 0.346 e. The highest BCUT2D eigenvalue weighted by Crippen LogP contribution is 2.41. The van der Waals surface area contributed by atoms with Gasteiger partial charge in [-0.05, 0) is 56.8 Å². The van der Waals surface area contributed by atoms with Crippen molar-refractivity contribution in [3.63, 3.8) is 0 Å².